The van der Waals surface area contributed by atoms with E-state index in [-0.39, 0.29) is 0 Å². The van der Waals surface area contributed by atoms with Crippen molar-refractivity contribution in [1.82, 2.24) is 0 Å². The van der Waals surface area contributed by atoms with E-state index in [2.05, 4.69) is 19.2 Å². The fourth-order valence-corrected chi connectivity index (χ4v) is 2.15. The summed E-state index contributed by atoms with van der Waals surface area (Å²) < 4.78 is 10.5. The molecule has 0 aliphatic heterocycles. The van der Waals surface area contributed by atoms with E-state index in [0.717, 1.165) is 29.6 Å². The Morgan fingerprint density at radius 3 is 2.42 bits per heavy atom. The molecule has 0 fully saturated rings. The van der Waals surface area contributed by atoms with E-state index in [1.807, 2.05) is 18.2 Å². The van der Waals surface area contributed by atoms with Crippen LogP contribution in [0.2, 0.25) is 0 Å². The molecule has 1 aromatic carbocycles. The molecule has 0 spiro atoms. The van der Waals surface area contributed by atoms with Gasteiger partial charge in [0.2, 0.25) is 0 Å². The van der Waals surface area contributed by atoms with E-state index in [4.69, 9.17) is 9.47 Å². The van der Waals surface area contributed by atoms with E-state index in [0.29, 0.717) is 0 Å². The van der Waals surface area contributed by atoms with Gasteiger partial charge in [0.1, 0.15) is 0 Å². The van der Waals surface area contributed by atoms with Crippen LogP contribution in [0.5, 0.6) is 11.5 Å². The molecule has 1 atom stereocenters. The molecule has 108 valence electrons. The van der Waals surface area contributed by atoms with Gasteiger partial charge in [-0.1, -0.05) is 33.1 Å². The molecule has 0 bridgehead atoms. The highest BCUT2D eigenvalue weighted by Gasteiger charge is 2.07. The Morgan fingerprint density at radius 2 is 1.84 bits per heavy atom. The number of unbranched alkanes of at least 4 members (excludes halogenated alkanes) is 1. The zero-order valence-electron chi connectivity index (χ0n) is 12.7. The normalized spacial score (nSPS) is 12.0. The average molecular weight is 265 g/mol. The van der Waals surface area contributed by atoms with E-state index in [1.165, 1.54) is 25.7 Å². The Morgan fingerprint density at radius 1 is 1.11 bits per heavy atom. The fourth-order valence-electron chi connectivity index (χ4n) is 2.15. The number of ether oxygens (including phenoxy) is 2. The van der Waals surface area contributed by atoms with Crippen LogP contribution in [-0.2, 0) is 0 Å². The monoisotopic (exact) mass is 265 g/mol. The highest BCUT2D eigenvalue weighted by Crippen LogP contribution is 2.30. The highest BCUT2D eigenvalue weighted by atomic mass is 16.5. The molecule has 0 aliphatic carbocycles. The zero-order chi connectivity index (χ0) is 14.1. The van der Waals surface area contributed by atoms with Crippen molar-refractivity contribution >= 4 is 5.69 Å². The van der Waals surface area contributed by atoms with Gasteiger partial charge in [-0.25, -0.2) is 0 Å². The van der Waals surface area contributed by atoms with Crippen LogP contribution in [0.25, 0.3) is 0 Å². The minimum Gasteiger partial charge on any atom is -0.493 e. The molecular formula is C16H27NO2. The summed E-state index contributed by atoms with van der Waals surface area (Å²) in [4.78, 5) is 0. The molecule has 0 aliphatic rings. The van der Waals surface area contributed by atoms with Crippen molar-refractivity contribution in [1.29, 1.82) is 0 Å². The maximum atomic E-state index is 5.31. The third-order valence-electron chi connectivity index (χ3n) is 3.52. The minimum atomic E-state index is 0.744. The topological polar surface area (TPSA) is 30.5 Å². The van der Waals surface area contributed by atoms with Crippen LogP contribution in [-0.4, -0.2) is 20.8 Å². The van der Waals surface area contributed by atoms with Gasteiger partial charge >= 0.3 is 0 Å². The molecule has 0 radical (unpaired) electrons. The first-order valence-electron chi connectivity index (χ1n) is 7.21. The largest absolute Gasteiger partial charge is 0.493 e. The average Bonchev–Trinajstić information content (AvgIpc) is 2.47. The molecule has 1 N–H and O–H groups in total. The Kier molecular flexibility index (Phi) is 7.16. The molecule has 19 heavy (non-hydrogen) atoms. The second kappa shape index (κ2) is 8.68. The van der Waals surface area contributed by atoms with Gasteiger partial charge in [0, 0.05) is 18.3 Å². The summed E-state index contributed by atoms with van der Waals surface area (Å²) in [5.74, 6) is 2.29. The lowest BCUT2D eigenvalue weighted by molar-refractivity contribution is 0.355. The van der Waals surface area contributed by atoms with Gasteiger partial charge in [-0.05, 0) is 24.5 Å². The molecule has 0 heterocycles. The molecule has 1 unspecified atom stereocenters. The van der Waals surface area contributed by atoms with Gasteiger partial charge < -0.3 is 14.8 Å². The smallest absolute Gasteiger partial charge is 0.162 e. The first kappa shape index (κ1) is 15.7. The van der Waals surface area contributed by atoms with Crippen LogP contribution in [0.3, 0.4) is 0 Å². The van der Waals surface area contributed by atoms with Crippen molar-refractivity contribution < 1.29 is 9.47 Å². The van der Waals surface area contributed by atoms with Crippen LogP contribution in [0.4, 0.5) is 5.69 Å². The first-order chi connectivity index (χ1) is 9.24. The van der Waals surface area contributed by atoms with Gasteiger partial charge in [-0.15, -0.1) is 0 Å². The van der Waals surface area contributed by atoms with Crippen LogP contribution in [0.1, 0.15) is 39.5 Å². The lowest BCUT2D eigenvalue weighted by atomic mass is 9.99. The van der Waals surface area contributed by atoms with Crippen molar-refractivity contribution in [3.63, 3.8) is 0 Å². The number of anilines is 1. The van der Waals surface area contributed by atoms with Crippen molar-refractivity contribution in [3.8, 4) is 11.5 Å². The minimum absolute atomic E-state index is 0.744. The molecule has 0 saturated carbocycles. The summed E-state index contributed by atoms with van der Waals surface area (Å²) in [6.45, 7) is 5.52. The van der Waals surface area contributed by atoms with Crippen molar-refractivity contribution in [2.24, 2.45) is 5.92 Å². The van der Waals surface area contributed by atoms with E-state index >= 15 is 0 Å². The summed E-state index contributed by atoms with van der Waals surface area (Å²) in [7, 11) is 3.32. The second-order valence-electron chi connectivity index (χ2n) is 4.87. The van der Waals surface area contributed by atoms with Gasteiger partial charge in [0.15, 0.2) is 11.5 Å². The number of benzene rings is 1. The lowest BCUT2D eigenvalue weighted by Crippen LogP contribution is -2.13. The molecular weight excluding hydrogens is 238 g/mol. The van der Waals surface area contributed by atoms with Gasteiger partial charge in [0.05, 0.1) is 14.2 Å². The summed E-state index contributed by atoms with van der Waals surface area (Å²) in [6, 6.07) is 5.97. The number of rotatable bonds is 9. The van der Waals surface area contributed by atoms with Gasteiger partial charge in [0.25, 0.3) is 0 Å². The molecule has 3 heteroatoms. The molecule has 0 saturated heterocycles. The predicted molar refractivity (Wildman–Crippen MR) is 81.3 cm³/mol. The number of hydrogen-bond acceptors (Lipinski definition) is 3. The summed E-state index contributed by atoms with van der Waals surface area (Å²) >= 11 is 0. The van der Waals surface area contributed by atoms with Crippen LogP contribution < -0.4 is 14.8 Å². The predicted octanol–water partition coefficient (Wildman–Crippen LogP) is 4.33. The first-order valence-corrected chi connectivity index (χ1v) is 7.21. The second-order valence-corrected chi connectivity index (χ2v) is 4.87. The van der Waals surface area contributed by atoms with Gasteiger partial charge in [-0.3, -0.25) is 0 Å². The number of nitrogens with one attached hydrogen (secondary N) is 1. The lowest BCUT2D eigenvalue weighted by Gasteiger charge is -2.17. The number of methoxy groups -OCH3 is 2. The molecule has 1 rings (SSSR count). The Balaban J connectivity index is 2.56. The maximum Gasteiger partial charge on any atom is 0.162 e. The van der Waals surface area contributed by atoms with Crippen molar-refractivity contribution in [2.45, 2.75) is 39.5 Å². The number of hydrogen-bond donors (Lipinski definition) is 1. The molecule has 3 nitrogen and oxygen atoms in total. The third-order valence-corrected chi connectivity index (χ3v) is 3.52. The standard InChI is InChI=1S/C16H27NO2/c1-5-7-8-13(6-2)12-17-14-9-10-15(18-3)16(11-14)19-4/h9-11,13,17H,5-8,12H2,1-4H3. The van der Waals surface area contributed by atoms with Crippen LogP contribution in [0.15, 0.2) is 18.2 Å². The Labute approximate surface area is 117 Å². The summed E-state index contributed by atoms with van der Waals surface area (Å²) in [6.07, 6.45) is 5.10. The quantitative estimate of drug-likeness (QED) is 0.720. The SMILES string of the molecule is CCCCC(CC)CNc1ccc(OC)c(OC)c1. The van der Waals surface area contributed by atoms with E-state index in [1.54, 1.807) is 14.2 Å². The molecule has 1 aromatic rings. The Bertz CT molecular complexity index is 366. The molecule has 0 aromatic heterocycles. The zero-order valence-corrected chi connectivity index (χ0v) is 12.7. The summed E-state index contributed by atoms with van der Waals surface area (Å²) in [5.41, 5.74) is 1.09. The summed E-state index contributed by atoms with van der Waals surface area (Å²) in [5, 5.41) is 3.50. The van der Waals surface area contributed by atoms with Crippen LogP contribution >= 0.6 is 0 Å². The van der Waals surface area contributed by atoms with Gasteiger partial charge in [-0.2, -0.15) is 0 Å². The third kappa shape index (κ3) is 5.01. The fraction of sp³-hybridized carbons (Fsp3) is 0.625. The van der Waals surface area contributed by atoms with Crippen molar-refractivity contribution in [3.05, 3.63) is 18.2 Å². The molecule has 0 amide bonds. The van der Waals surface area contributed by atoms with E-state index in [9.17, 15) is 0 Å². The maximum absolute atomic E-state index is 5.31. The van der Waals surface area contributed by atoms with E-state index < -0.39 is 0 Å². The van der Waals surface area contributed by atoms with Crippen LogP contribution in [0, 0.1) is 5.92 Å². The van der Waals surface area contributed by atoms with Crippen molar-refractivity contribution in [2.75, 3.05) is 26.1 Å². The Hall–Kier alpha value is -1.38. The highest BCUT2D eigenvalue weighted by molar-refractivity contribution is 5.54.